The van der Waals surface area contributed by atoms with Crippen molar-refractivity contribution in [3.8, 4) is 0 Å². The van der Waals surface area contributed by atoms with Gasteiger partial charge in [0.2, 0.25) is 0 Å². The minimum absolute atomic E-state index is 0.686. The Hall–Kier alpha value is -0.330. The van der Waals surface area contributed by atoms with Crippen molar-refractivity contribution in [2.45, 2.75) is 57.8 Å². The largest absolute Gasteiger partial charge is 0.303 e. The monoisotopic (exact) mass is 180 g/mol. The molecule has 2 aliphatic rings. The molecule has 0 heterocycles. The minimum Gasteiger partial charge on any atom is -0.303 e. The van der Waals surface area contributed by atoms with E-state index in [1.54, 1.807) is 0 Å². The van der Waals surface area contributed by atoms with E-state index in [9.17, 15) is 4.79 Å². The van der Waals surface area contributed by atoms with Crippen molar-refractivity contribution in [1.82, 2.24) is 0 Å². The molecule has 1 spiro atoms. The molecule has 74 valence electrons. The van der Waals surface area contributed by atoms with Gasteiger partial charge in [-0.15, -0.1) is 0 Å². The average Bonchev–Trinajstić information content (AvgIpc) is 2.51. The molecule has 1 heteroatoms. The molecule has 1 unspecified atom stereocenters. The van der Waals surface area contributed by atoms with Crippen LogP contribution in [0.3, 0.4) is 0 Å². The van der Waals surface area contributed by atoms with Gasteiger partial charge in [-0.1, -0.05) is 19.3 Å². The molecule has 0 aromatic heterocycles. The van der Waals surface area contributed by atoms with Gasteiger partial charge in [0, 0.05) is 6.42 Å². The Labute approximate surface area is 80.9 Å². The number of aldehydes is 1. The van der Waals surface area contributed by atoms with E-state index >= 15 is 0 Å². The summed E-state index contributed by atoms with van der Waals surface area (Å²) in [7, 11) is 0. The number of carbonyl (C=O) groups is 1. The summed E-state index contributed by atoms with van der Waals surface area (Å²) < 4.78 is 0. The van der Waals surface area contributed by atoms with Crippen molar-refractivity contribution in [1.29, 1.82) is 0 Å². The van der Waals surface area contributed by atoms with Crippen molar-refractivity contribution in [2.75, 3.05) is 0 Å². The zero-order valence-electron chi connectivity index (χ0n) is 8.43. The fourth-order valence-electron chi connectivity index (χ4n) is 3.42. The number of hydrogen-bond acceptors (Lipinski definition) is 1. The zero-order chi connectivity index (χ0) is 9.15. The van der Waals surface area contributed by atoms with Crippen molar-refractivity contribution < 1.29 is 4.79 Å². The summed E-state index contributed by atoms with van der Waals surface area (Å²) in [4.78, 5) is 10.4. The third-order valence-electron chi connectivity index (χ3n) is 4.15. The number of hydrogen-bond donors (Lipinski definition) is 0. The molecule has 0 amide bonds. The molecule has 1 atom stereocenters. The van der Waals surface area contributed by atoms with E-state index in [0.29, 0.717) is 5.41 Å². The van der Waals surface area contributed by atoms with Gasteiger partial charge in [-0.3, -0.25) is 0 Å². The Balaban J connectivity index is 1.90. The molecular weight excluding hydrogens is 160 g/mol. The van der Waals surface area contributed by atoms with Crippen LogP contribution in [-0.2, 0) is 4.79 Å². The van der Waals surface area contributed by atoms with Gasteiger partial charge in [-0.2, -0.15) is 0 Å². The Morgan fingerprint density at radius 2 is 1.92 bits per heavy atom. The SMILES string of the molecule is O=CCC1CCC2(CCCCC2)C1. The topological polar surface area (TPSA) is 17.1 Å². The van der Waals surface area contributed by atoms with Crippen LogP contribution in [0.5, 0.6) is 0 Å². The van der Waals surface area contributed by atoms with Crippen LogP contribution < -0.4 is 0 Å². The second-order valence-corrected chi connectivity index (χ2v) is 5.07. The third kappa shape index (κ3) is 1.95. The molecular formula is C12H20O. The molecule has 1 nitrogen and oxygen atoms in total. The van der Waals surface area contributed by atoms with Crippen LogP contribution >= 0.6 is 0 Å². The molecule has 0 aromatic rings. The van der Waals surface area contributed by atoms with E-state index in [0.717, 1.165) is 18.6 Å². The average molecular weight is 180 g/mol. The highest BCUT2D eigenvalue weighted by atomic mass is 16.1. The maximum atomic E-state index is 10.4. The van der Waals surface area contributed by atoms with Crippen molar-refractivity contribution in [3.63, 3.8) is 0 Å². The van der Waals surface area contributed by atoms with Crippen LogP contribution in [-0.4, -0.2) is 6.29 Å². The lowest BCUT2D eigenvalue weighted by atomic mass is 9.72. The van der Waals surface area contributed by atoms with Gasteiger partial charge in [0.25, 0.3) is 0 Å². The van der Waals surface area contributed by atoms with Gasteiger partial charge < -0.3 is 4.79 Å². The molecule has 2 rings (SSSR count). The summed E-state index contributed by atoms with van der Waals surface area (Å²) in [5.41, 5.74) is 0.686. The molecule has 0 aromatic carbocycles. The Kier molecular flexibility index (Phi) is 2.71. The fourth-order valence-corrected chi connectivity index (χ4v) is 3.42. The van der Waals surface area contributed by atoms with Gasteiger partial charge in [-0.25, -0.2) is 0 Å². The molecule has 13 heavy (non-hydrogen) atoms. The molecule has 2 fully saturated rings. The molecule has 0 radical (unpaired) electrons. The Morgan fingerprint density at radius 3 is 2.62 bits per heavy atom. The second-order valence-electron chi connectivity index (χ2n) is 5.07. The lowest BCUT2D eigenvalue weighted by molar-refractivity contribution is -0.108. The molecule has 0 N–H and O–H groups in total. The molecule has 0 aliphatic heterocycles. The van der Waals surface area contributed by atoms with Crippen molar-refractivity contribution >= 4 is 6.29 Å². The third-order valence-corrected chi connectivity index (χ3v) is 4.15. The first-order valence-corrected chi connectivity index (χ1v) is 5.78. The normalized spacial score (nSPS) is 32.2. The van der Waals surface area contributed by atoms with Crippen LogP contribution in [0.4, 0.5) is 0 Å². The molecule has 0 saturated heterocycles. The predicted octanol–water partition coefficient (Wildman–Crippen LogP) is 3.33. The highest BCUT2D eigenvalue weighted by Crippen LogP contribution is 2.51. The van der Waals surface area contributed by atoms with E-state index < -0.39 is 0 Å². The summed E-state index contributed by atoms with van der Waals surface area (Å²) in [5, 5.41) is 0. The molecule has 2 saturated carbocycles. The van der Waals surface area contributed by atoms with Crippen molar-refractivity contribution in [2.24, 2.45) is 11.3 Å². The summed E-state index contributed by atoms with van der Waals surface area (Å²) in [5.74, 6) is 0.732. The predicted molar refractivity (Wildman–Crippen MR) is 53.5 cm³/mol. The van der Waals surface area contributed by atoms with Crippen LogP contribution in [0.1, 0.15) is 57.8 Å². The minimum atomic E-state index is 0.686. The summed E-state index contributed by atoms with van der Waals surface area (Å²) in [6.07, 6.45) is 13.2. The van der Waals surface area contributed by atoms with E-state index in [4.69, 9.17) is 0 Å². The highest BCUT2D eigenvalue weighted by Gasteiger charge is 2.39. The van der Waals surface area contributed by atoms with Gasteiger partial charge in [-0.05, 0) is 43.4 Å². The van der Waals surface area contributed by atoms with Gasteiger partial charge in [0.1, 0.15) is 6.29 Å². The van der Waals surface area contributed by atoms with Gasteiger partial charge >= 0.3 is 0 Å². The Bertz CT molecular complexity index is 180. The lowest BCUT2D eigenvalue weighted by Gasteiger charge is -2.33. The van der Waals surface area contributed by atoms with Crippen molar-refractivity contribution in [3.05, 3.63) is 0 Å². The van der Waals surface area contributed by atoms with E-state index in [1.807, 2.05) is 0 Å². The standard InChI is InChI=1S/C12H20O/c13-9-5-11-4-8-12(10-11)6-2-1-3-7-12/h9,11H,1-8,10H2. The highest BCUT2D eigenvalue weighted by molar-refractivity contribution is 5.49. The number of carbonyl (C=O) groups excluding carboxylic acids is 1. The van der Waals surface area contributed by atoms with E-state index in [1.165, 1.54) is 51.4 Å². The quantitative estimate of drug-likeness (QED) is 0.596. The second kappa shape index (κ2) is 3.81. The fraction of sp³-hybridized carbons (Fsp3) is 0.917. The summed E-state index contributed by atoms with van der Waals surface area (Å²) >= 11 is 0. The first-order chi connectivity index (χ1) is 6.35. The summed E-state index contributed by atoms with van der Waals surface area (Å²) in [6.45, 7) is 0. The Morgan fingerprint density at radius 1 is 1.15 bits per heavy atom. The van der Waals surface area contributed by atoms with Crippen LogP contribution in [0.2, 0.25) is 0 Å². The van der Waals surface area contributed by atoms with Gasteiger partial charge in [0.15, 0.2) is 0 Å². The summed E-state index contributed by atoms with van der Waals surface area (Å²) in [6, 6.07) is 0. The zero-order valence-corrected chi connectivity index (χ0v) is 8.43. The smallest absolute Gasteiger partial charge is 0.120 e. The maximum absolute atomic E-state index is 10.4. The maximum Gasteiger partial charge on any atom is 0.120 e. The van der Waals surface area contributed by atoms with Gasteiger partial charge in [0.05, 0.1) is 0 Å². The van der Waals surface area contributed by atoms with Crippen LogP contribution in [0.25, 0.3) is 0 Å². The van der Waals surface area contributed by atoms with Crippen LogP contribution in [0.15, 0.2) is 0 Å². The first kappa shape index (κ1) is 9.23. The van der Waals surface area contributed by atoms with E-state index in [-0.39, 0.29) is 0 Å². The first-order valence-electron chi connectivity index (χ1n) is 5.78. The van der Waals surface area contributed by atoms with Crippen LogP contribution in [0, 0.1) is 11.3 Å². The molecule has 0 bridgehead atoms. The van der Waals surface area contributed by atoms with E-state index in [2.05, 4.69) is 0 Å². The lowest BCUT2D eigenvalue weighted by Crippen LogP contribution is -2.20. The molecule has 2 aliphatic carbocycles. The number of rotatable bonds is 2.